The molecule has 1 aromatic heterocycles. The second-order valence-corrected chi connectivity index (χ2v) is 4.82. The minimum atomic E-state index is -0.0105. The molecule has 0 spiro atoms. The van der Waals surface area contributed by atoms with Crippen LogP contribution in [0.1, 0.15) is 33.1 Å². The highest BCUT2D eigenvalue weighted by atomic mass is 16.2. The SMILES string of the molecule is Cc1ccc(C)c(C(=O)N(C)Cc2n[nH]c(C)n2)c1. The molecule has 1 amide bonds. The van der Waals surface area contributed by atoms with Crippen LogP contribution in [-0.2, 0) is 6.54 Å². The third-order valence-electron chi connectivity index (χ3n) is 2.99. The molecule has 0 fully saturated rings. The van der Waals surface area contributed by atoms with Crippen molar-refractivity contribution in [2.24, 2.45) is 0 Å². The molecule has 0 saturated carbocycles. The Hall–Kier alpha value is -2.17. The Bertz CT molecular complexity index is 603. The summed E-state index contributed by atoms with van der Waals surface area (Å²) in [5, 5.41) is 6.82. The average molecular weight is 258 g/mol. The zero-order valence-corrected chi connectivity index (χ0v) is 11.7. The Morgan fingerprint density at radius 1 is 1.32 bits per heavy atom. The van der Waals surface area contributed by atoms with Crippen molar-refractivity contribution in [2.75, 3.05) is 7.05 Å². The summed E-state index contributed by atoms with van der Waals surface area (Å²) in [5.74, 6) is 1.37. The van der Waals surface area contributed by atoms with Gasteiger partial charge in [0.15, 0.2) is 5.82 Å². The van der Waals surface area contributed by atoms with Gasteiger partial charge in [-0.2, -0.15) is 5.10 Å². The number of aryl methyl sites for hydroxylation is 3. The molecule has 0 radical (unpaired) electrons. The lowest BCUT2D eigenvalue weighted by atomic mass is 10.0. The molecular weight excluding hydrogens is 240 g/mol. The molecule has 0 atom stereocenters. The maximum Gasteiger partial charge on any atom is 0.254 e. The second kappa shape index (κ2) is 5.22. The van der Waals surface area contributed by atoms with Crippen LogP contribution in [0.2, 0.25) is 0 Å². The molecule has 2 aromatic rings. The van der Waals surface area contributed by atoms with Gasteiger partial charge in [0, 0.05) is 12.6 Å². The van der Waals surface area contributed by atoms with Crippen LogP contribution in [0.3, 0.4) is 0 Å². The lowest BCUT2D eigenvalue weighted by Crippen LogP contribution is -2.27. The first-order chi connectivity index (χ1) is 8.97. The summed E-state index contributed by atoms with van der Waals surface area (Å²) in [6, 6.07) is 5.88. The van der Waals surface area contributed by atoms with Crippen LogP contribution in [0, 0.1) is 20.8 Å². The number of amides is 1. The van der Waals surface area contributed by atoms with Gasteiger partial charge in [0.25, 0.3) is 5.91 Å². The van der Waals surface area contributed by atoms with Crippen LogP contribution in [0.15, 0.2) is 18.2 Å². The highest BCUT2D eigenvalue weighted by Crippen LogP contribution is 2.13. The van der Waals surface area contributed by atoms with E-state index in [1.165, 1.54) is 0 Å². The standard InChI is InChI=1S/C14H18N4O/c1-9-5-6-10(2)12(7-9)14(19)18(4)8-13-15-11(3)16-17-13/h5-7H,8H2,1-4H3,(H,15,16,17). The summed E-state index contributed by atoms with van der Waals surface area (Å²) < 4.78 is 0. The number of benzene rings is 1. The second-order valence-electron chi connectivity index (χ2n) is 4.82. The predicted octanol–water partition coefficient (Wildman–Crippen LogP) is 2.00. The number of aromatic nitrogens is 3. The third kappa shape index (κ3) is 2.99. The maximum atomic E-state index is 12.4. The summed E-state index contributed by atoms with van der Waals surface area (Å²) in [6.45, 7) is 6.16. The fourth-order valence-electron chi connectivity index (χ4n) is 1.92. The Kier molecular flexibility index (Phi) is 3.64. The van der Waals surface area contributed by atoms with Gasteiger partial charge in [-0.3, -0.25) is 9.89 Å². The average Bonchev–Trinajstić information content (AvgIpc) is 2.77. The van der Waals surface area contributed by atoms with Gasteiger partial charge < -0.3 is 4.90 Å². The summed E-state index contributed by atoms with van der Waals surface area (Å²) >= 11 is 0. The molecule has 2 rings (SSSR count). The fourth-order valence-corrected chi connectivity index (χ4v) is 1.92. The minimum Gasteiger partial charge on any atom is -0.334 e. The molecule has 0 aliphatic heterocycles. The molecule has 1 aromatic carbocycles. The van der Waals surface area contributed by atoms with Gasteiger partial charge in [-0.05, 0) is 32.4 Å². The number of H-pyrrole nitrogens is 1. The number of carbonyl (C=O) groups excluding carboxylic acids is 1. The fraction of sp³-hybridized carbons (Fsp3) is 0.357. The van der Waals surface area contributed by atoms with Crippen LogP contribution in [0.5, 0.6) is 0 Å². The summed E-state index contributed by atoms with van der Waals surface area (Å²) in [6.07, 6.45) is 0. The lowest BCUT2D eigenvalue weighted by molar-refractivity contribution is 0.0781. The van der Waals surface area contributed by atoms with Crippen LogP contribution in [0.4, 0.5) is 0 Å². The smallest absolute Gasteiger partial charge is 0.254 e. The molecule has 5 heteroatoms. The Morgan fingerprint density at radius 2 is 2.05 bits per heavy atom. The summed E-state index contributed by atoms with van der Waals surface area (Å²) in [4.78, 5) is 18.2. The van der Waals surface area contributed by atoms with E-state index in [1.54, 1.807) is 11.9 Å². The van der Waals surface area contributed by atoms with E-state index in [1.807, 2.05) is 39.0 Å². The van der Waals surface area contributed by atoms with Crippen molar-refractivity contribution in [3.8, 4) is 0 Å². The van der Waals surface area contributed by atoms with E-state index in [0.29, 0.717) is 12.4 Å². The zero-order chi connectivity index (χ0) is 14.0. The van der Waals surface area contributed by atoms with Crippen molar-refractivity contribution in [1.29, 1.82) is 0 Å². The molecule has 0 saturated heterocycles. The van der Waals surface area contributed by atoms with E-state index in [4.69, 9.17) is 0 Å². The van der Waals surface area contributed by atoms with E-state index in [-0.39, 0.29) is 5.91 Å². The number of nitrogens with one attached hydrogen (secondary N) is 1. The van der Waals surface area contributed by atoms with Gasteiger partial charge >= 0.3 is 0 Å². The predicted molar refractivity (Wildman–Crippen MR) is 72.8 cm³/mol. The first kappa shape index (κ1) is 13.3. The number of rotatable bonds is 3. The van der Waals surface area contributed by atoms with Crippen molar-refractivity contribution in [1.82, 2.24) is 20.1 Å². The van der Waals surface area contributed by atoms with E-state index >= 15 is 0 Å². The molecule has 5 nitrogen and oxygen atoms in total. The van der Waals surface area contributed by atoms with Crippen LogP contribution in [0.25, 0.3) is 0 Å². The van der Waals surface area contributed by atoms with Gasteiger partial charge in [-0.1, -0.05) is 17.7 Å². The number of aromatic amines is 1. The van der Waals surface area contributed by atoms with Gasteiger partial charge in [0.1, 0.15) is 5.82 Å². The van der Waals surface area contributed by atoms with Gasteiger partial charge in [0.05, 0.1) is 6.54 Å². The van der Waals surface area contributed by atoms with Gasteiger partial charge in [0.2, 0.25) is 0 Å². The molecule has 0 bridgehead atoms. The Morgan fingerprint density at radius 3 is 2.68 bits per heavy atom. The molecule has 0 unspecified atom stereocenters. The van der Waals surface area contributed by atoms with Crippen molar-refractivity contribution in [2.45, 2.75) is 27.3 Å². The van der Waals surface area contributed by atoms with E-state index in [2.05, 4.69) is 15.2 Å². The monoisotopic (exact) mass is 258 g/mol. The zero-order valence-electron chi connectivity index (χ0n) is 11.7. The Balaban J connectivity index is 2.16. The molecular formula is C14H18N4O. The quantitative estimate of drug-likeness (QED) is 0.916. The largest absolute Gasteiger partial charge is 0.334 e. The van der Waals surface area contributed by atoms with Gasteiger partial charge in [-0.25, -0.2) is 4.98 Å². The van der Waals surface area contributed by atoms with E-state index < -0.39 is 0 Å². The van der Waals surface area contributed by atoms with Crippen LogP contribution >= 0.6 is 0 Å². The summed E-state index contributed by atoms with van der Waals surface area (Å²) in [5.41, 5.74) is 2.79. The third-order valence-corrected chi connectivity index (χ3v) is 2.99. The normalized spacial score (nSPS) is 10.5. The molecule has 100 valence electrons. The first-order valence-electron chi connectivity index (χ1n) is 6.18. The highest BCUT2D eigenvalue weighted by molar-refractivity contribution is 5.95. The van der Waals surface area contributed by atoms with Crippen molar-refractivity contribution in [3.05, 3.63) is 46.5 Å². The van der Waals surface area contributed by atoms with Gasteiger partial charge in [-0.15, -0.1) is 0 Å². The molecule has 1 N–H and O–H groups in total. The summed E-state index contributed by atoms with van der Waals surface area (Å²) in [7, 11) is 1.76. The molecule has 0 aliphatic rings. The highest BCUT2D eigenvalue weighted by Gasteiger charge is 2.16. The first-order valence-corrected chi connectivity index (χ1v) is 6.18. The van der Waals surface area contributed by atoms with Crippen molar-refractivity contribution in [3.63, 3.8) is 0 Å². The van der Waals surface area contributed by atoms with E-state index in [9.17, 15) is 4.79 Å². The maximum absolute atomic E-state index is 12.4. The molecule has 1 heterocycles. The van der Waals surface area contributed by atoms with Crippen LogP contribution in [-0.4, -0.2) is 33.0 Å². The lowest BCUT2D eigenvalue weighted by Gasteiger charge is -2.17. The Labute approximate surface area is 112 Å². The topological polar surface area (TPSA) is 61.9 Å². The van der Waals surface area contributed by atoms with Crippen molar-refractivity contribution < 1.29 is 4.79 Å². The number of hydrogen-bond donors (Lipinski definition) is 1. The van der Waals surface area contributed by atoms with E-state index in [0.717, 1.165) is 22.5 Å². The number of nitrogens with zero attached hydrogens (tertiary/aromatic N) is 3. The van der Waals surface area contributed by atoms with Crippen LogP contribution < -0.4 is 0 Å². The number of carbonyl (C=O) groups is 1. The number of hydrogen-bond acceptors (Lipinski definition) is 3. The van der Waals surface area contributed by atoms with Crippen molar-refractivity contribution >= 4 is 5.91 Å². The molecule has 19 heavy (non-hydrogen) atoms. The molecule has 0 aliphatic carbocycles. The minimum absolute atomic E-state index is 0.0105.